The number of nitrogens with one attached hydrogen (secondary N) is 1. The Bertz CT molecular complexity index is 680. The fourth-order valence-electron chi connectivity index (χ4n) is 2.25. The first-order chi connectivity index (χ1) is 9.63. The van der Waals surface area contributed by atoms with Gasteiger partial charge in [-0.25, -0.2) is 0 Å². The number of nitrogen functional groups attached to an aromatic ring is 1. The van der Waals surface area contributed by atoms with Gasteiger partial charge in [-0.15, -0.1) is 0 Å². The van der Waals surface area contributed by atoms with Crippen LogP contribution in [0.15, 0.2) is 36.4 Å². The van der Waals surface area contributed by atoms with Gasteiger partial charge in [0, 0.05) is 23.4 Å². The van der Waals surface area contributed by atoms with Crippen molar-refractivity contribution >= 4 is 17.3 Å². The fraction of sp³-hybridized carbons (Fsp3) is 0.188. The number of anilines is 2. The zero-order chi connectivity index (χ0) is 14.1. The lowest BCUT2D eigenvalue weighted by Crippen LogP contribution is -2.12. The first kappa shape index (κ1) is 12.5. The molecule has 0 bridgehead atoms. The Morgan fingerprint density at radius 2 is 2.10 bits per heavy atom. The Kier molecular flexibility index (Phi) is 3.06. The molecule has 1 aliphatic rings. The second kappa shape index (κ2) is 4.89. The van der Waals surface area contributed by atoms with Crippen LogP contribution < -0.4 is 15.8 Å². The molecule has 20 heavy (non-hydrogen) atoms. The van der Waals surface area contributed by atoms with Gasteiger partial charge in [0.2, 0.25) is 0 Å². The average Bonchev–Trinajstić information content (AvgIpc) is 2.90. The fourth-order valence-corrected chi connectivity index (χ4v) is 2.25. The molecule has 0 fully saturated rings. The van der Waals surface area contributed by atoms with Crippen molar-refractivity contribution < 1.29 is 9.53 Å². The lowest BCUT2D eigenvalue weighted by Gasteiger charge is -2.08. The van der Waals surface area contributed by atoms with E-state index in [4.69, 9.17) is 10.5 Å². The van der Waals surface area contributed by atoms with Crippen LogP contribution in [0.4, 0.5) is 11.4 Å². The number of amides is 1. The number of hydrogen-bond acceptors (Lipinski definition) is 3. The van der Waals surface area contributed by atoms with Crippen molar-refractivity contribution in [1.29, 1.82) is 0 Å². The number of nitrogens with two attached hydrogens (primary N) is 1. The first-order valence-corrected chi connectivity index (χ1v) is 6.57. The van der Waals surface area contributed by atoms with Crippen molar-refractivity contribution in [1.82, 2.24) is 0 Å². The van der Waals surface area contributed by atoms with Crippen molar-refractivity contribution in [2.45, 2.75) is 13.3 Å². The van der Waals surface area contributed by atoms with E-state index in [1.807, 2.05) is 31.2 Å². The molecule has 0 saturated heterocycles. The highest BCUT2D eigenvalue weighted by molar-refractivity contribution is 6.04. The van der Waals surface area contributed by atoms with Gasteiger partial charge in [-0.05, 0) is 48.4 Å². The molecule has 0 spiro atoms. The Hall–Kier alpha value is -2.49. The molecule has 2 aromatic carbocycles. The molecule has 4 heteroatoms. The zero-order valence-electron chi connectivity index (χ0n) is 11.3. The molecular weight excluding hydrogens is 252 g/mol. The van der Waals surface area contributed by atoms with Gasteiger partial charge < -0.3 is 15.8 Å². The van der Waals surface area contributed by atoms with Crippen molar-refractivity contribution in [3.05, 3.63) is 53.1 Å². The topological polar surface area (TPSA) is 64.3 Å². The minimum Gasteiger partial charge on any atom is -0.493 e. The van der Waals surface area contributed by atoms with Crippen LogP contribution in [0.3, 0.4) is 0 Å². The average molecular weight is 268 g/mol. The summed E-state index contributed by atoms with van der Waals surface area (Å²) >= 11 is 0. The maximum absolute atomic E-state index is 12.2. The number of benzene rings is 2. The number of fused-ring (bicyclic) bond motifs is 1. The van der Waals surface area contributed by atoms with Crippen molar-refractivity contribution in [2.24, 2.45) is 0 Å². The SMILES string of the molecule is Cc1ccc(NC(=O)c2ccc3c(c2)CCO3)cc1N. The van der Waals surface area contributed by atoms with Gasteiger partial charge >= 0.3 is 0 Å². The Labute approximate surface area is 117 Å². The maximum Gasteiger partial charge on any atom is 0.255 e. The number of carbonyl (C=O) groups is 1. The third-order valence-electron chi connectivity index (χ3n) is 3.49. The summed E-state index contributed by atoms with van der Waals surface area (Å²) in [6.45, 7) is 2.62. The Morgan fingerprint density at radius 1 is 1.25 bits per heavy atom. The number of hydrogen-bond donors (Lipinski definition) is 2. The summed E-state index contributed by atoms with van der Waals surface area (Å²) in [5, 5.41) is 2.86. The molecule has 1 amide bonds. The predicted octanol–water partition coefficient (Wildman–Crippen LogP) is 2.76. The molecule has 2 aromatic rings. The second-order valence-corrected chi connectivity index (χ2v) is 4.95. The third-order valence-corrected chi connectivity index (χ3v) is 3.49. The van der Waals surface area contributed by atoms with Crippen LogP contribution in [0.25, 0.3) is 0 Å². The zero-order valence-corrected chi connectivity index (χ0v) is 11.3. The third kappa shape index (κ3) is 2.32. The summed E-state index contributed by atoms with van der Waals surface area (Å²) in [5.41, 5.74) is 9.93. The van der Waals surface area contributed by atoms with E-state index in [0.29, 0.717) is 23.5 Å². The summed E-state index contributed by atoms with van der Waals surface area (Å²) in [7, 11) is 0. The summed E-state index contributed by atoms with van der Waals surface area (Å²) in [6, 6.07) is 11.0. The van der Waals surface area contributed by atoms with Gasteiger partial charge in [0.05, 0.1) is 6.61 Å². The largest absolute Gasteiger partial charge is 0.493 e. The highest BCUT2D eigenvalue weighted by atomic mass is 16.5. The molecule has 0 saturated carbocycles. The van der Waals surface area contributed by atoms with Gasteiger partial charge in [-0.3, -0.25) is 4.79 Å². The summed E-state index contributed by atoms with van der Waals surface area (Å²) < 4.78 is 5.43. The van der Waals surface area contributed by atoms with E-state index >= 15 is 0 Å². The van der Waals surface area contributed by atoms with Crippen LogP contribution in [0.1, 0.15) is 21.5 Å². The molecule has 1 heterocycles. The minimum atomic E-state index is -0.136. The first-order valence-electron chi connectivity index (χ1n) is 6.57. The van der Waals surface area contributed by atoms with Crippen LogP contribution in [0, 0.1) is 6.92 Å². The van der Waals surface area contributed by atoms with E-state index in [1.165, 1.54) is 0 Å². The van der Waals surface area contributed by atoms with Crippen LogP contribution in [-0.4, -0.2) is 12.5 Å². The standard InChI is InChI=1S/C16H16N2O2/c1-10-2-4-13(9-14(10)17)18-16(19)12-3-5-15-11(8-12)6-7-20-15/h2-5,8-9H,6-7,17H2,1H3,(H,18,19). The molecule has 0 atom stereocenters. The molecule has 3 rings (SSSR count). The molecule has 3 N–H and O–H groups in total. The molecule has 0 radical (unpaired) electrons. The molecule has 0 aromatic heterocycles. The minimum absolute atomic E-state index is 0.136. The van der Waals surface area contributed by atoms with Crippen molar-refractivity contribution in [3.8, 4) is 5.75 Å². The summed E-state index contributed by atoms with van der Waals surface area (Å²) in [6.07, 6.45) is 0.855. The maximum atomic E-state index is 12.2. The van der Waals surface area contributed by atoms with Crippen molar-refractivity contribution in [3.63, 3.8) is 0 Å². The van der Waals surface area contributed by atoms with E-state index < -0.39 is 0 Å². The van der Waals surface area contributed by atoms with Crippen LogP contribution >= 0.6 is 0 Å². The number of aryl methyl sites for hydroxylation is 1. The van der Waals surface area contributed by atoms with E-state index in [-0.39, 0.29) is 5.91 Å². The van der Waals surface area contributed by atoms with Crippen LogP contribution in [-0.2, 0) is 6.42 Å². The lowest BCUT2D eigenvalue weighted by molar-refractivity contribution is 0.102. The van der Waals surface area contributed by atoms with Gasteiger partial charge in [-0.1, -0.05) is 6.07 Å². The smallest absolute Gasteiger partial charge is 0.255 e. The molecular formula is C16H16N2O2. The molecule has 102 valence electrons. The van der Waals surface area contributed by atoms with E-state index in [9.17, 15) is 4.79 Å². The predicted molar refractivity (Wildman–Crippen MR) is 79.2 cm³/mol. The highest BCUT2D eigenvalue weighted by Crippen LogP contribution is 2.26. The molecule has 4 nitrogen and oxygen atoms in total. The molecule has 1 aliphatic heterocycles. The van der Waals surface area contributed by atoms with E-state index in [0.717, 1.165) is 23.3 Å². The molecule has 0 aliphatic carbocycles. The number of ether oxygens (including phenoxy) is 1. The van der Waals surface area contributed by atoms with Crippen LogP contribution in [0.2, 0.25) is 0 Å². The monoisotopic (exact) mass is 268 g/mol. The second-order valence-electron chi connectivity index (χ2n) is 4.95. The molecule has 0 unspecified atom stereocenters. The van der Waals surface area contributed by atoms with Crippen LogP contribution in [0.5, 0.6) is 5.75 Å². The highest BCUT2D eigenvalue weighted by Gasteiger charge is 2.15. The van der Waals surface area contributed by atoms with E-state index in [1.54, 1.807) is 12.1 Å². The number of carbonyl (C=O) groups excluding carboxylic acids is 1. The lowest BCUT2D eigenvalue weighted by atomic mass is 10.1. The van der Waals surface area contributed by atoms with Crippen molar-refractivity contribution in [2.75, 3.05) is 17.7 Å². The quantitative estimate of drug-likeness (QED) is 0.823. The normalized spacial score (nSPS) is 12.7. The van der Waals surface area contributed by atoms with Gasteiger partial charge in [0.25, 0.3) is 5.91 Å². The van der Waals surface area contributed by atoms with Gasteiger partial charge in [-0.2, -0.15) is 0 Å². The summed E-state index contributed by atoms with van der Waals surface area (Å²) in [4.78, 5) is 12.2. The summed E-state index contributed by atoms with van der Waals surface area (Å²) in [5.74, 6) is 0.740. The Morgan fingerprint density at radius 3 is 2.90 bits per heavy atom. The number of rotatable bonds is 2. The van der Waals surface area contributed by atoms with E-state index in [2.05, 4.69) is 5.32 Å². The van der Waals surface area contributed by atoms with Gasteiger partial charge in [0.15, 0.2) is 0 Å². The Balaban J connectivity index is 1.80. The van der Waals surface area contributed by atoms with Gasteiger partial charge in [0.1, 0.15) is 5.75 Å².